The molecule has 0 unspecified atom stereocenters. The molecule has 7 heteroatoms. The van der Waals surface area contributed by atoms with Crippen molar-refractivity contribution in [2.45, 2.75) is 6.61 Å². The largest absolute Gasteiger partial charge is 0.497 e. The Morgan fingerprint density at radius 2 is 1.64 bits per heavy atom. The first-order valence-electron chi connectivity index (χ1n) is 8.52. The number of esters is 1. The number of aromatic nitrogens is 2. The molecule has 0 aliphatic rings. The van der Waals surface area contributed by atoms with Gasteiger partial charge in [0.15, 0.2) is 17.2 Å². The Morgan fingerprint density at radius 1 is 0.893 bits per heavy atom. The van der Waals surface area contributed by atoms with Gasteiger partial charge in [-0.15, -0.1) is 0 Å². The van der Waals surface area contributed by atoms with Gasteiger partial charge in [-0.1, -0.05) is 52.8 Å². The molecule has 0 aliphatic carbocycles. The lowest BCUT2D eigenvalue weighted by molar-refractivity contribution is 0.0452. The molecule has 0 aliphatic heterocycles. The number of carbonyl (C=O) groups is 1. The minimum Gasteiger partial charge on any atom is -0.497 e. The van der Waals surface area contributed by atoms with Gasteiger partial charge in [-0.05, 0) is 12.1 Å². The topological polar surface area (TPSA) is 87.6 Å². The fraction of sp³-hybridized carbons (Fsp3) is 0.0952. The third-order valence-corrected chi connectivity index (χ3v) is 4.04. The van der Waals surface area contributed by atoms with Crippen LogP contribution in [0.4, 0.5) is 0 Å². The highest BCUT2D eigenvalue weighted by molar-refractivity contribution is 5.88. The first-order valence-corrected chi connectivity index (χ1v) is 8.52. The predicted molar refractivity (Wildman–Crippen MR) is 99.5 cm³/mol. The molecule has 28 heavy (non-hydrogen) atoms. The zero-order valence-electron chi connectivity index (χ0n) is 15.0. The van der Waals surface area contributed by atoms with Crippen molar-refractivity contribution in [3.05, 3.63) is 78.1 Å². The molecule has 0 atom stereocenters. The molecular weight excluding hydrogens is 360 g/mol. The van der Waals surface area contributed by atoms with E-state index < -0.39 is 5.97 Å². The van der Waals surface area contributed by atoms with Crippen LogP contribution >= 0.6 is 0 Å². The Morgan fingerprint density at radius 3 is 2.46 bits per heavy atom. The van der Waals surface area contributed by atoms with Crippen molar-refractivity contribution in [1.29, 1.82) is 0 Å². The minimum atomic E-state index is -0.600. The average Bonchev–Trinajstić information content (AvgIpc) is 3.43. The van der Waals surface area contributed by atoms with Gasteiger partial charge in [0.05, 0.1) is 7.11 Å². The average molecular weight is 376 g/mol. The maximum Gasteiger partial charge on any atom is 0.360 e. The quantitative estimate of drug-likeness (QED) is 0.462. The molecule has 0 fully saturated rings. The number of carbonyl (C=O) groups excluding carboxylic acids is 1. The molecule has 2 heterocycles. The van der Waals surface area contributed by atoms with E-state index in [1.54, 1.807) is 19.2 Å². The third kappa shape index (κ3) is 3.78. The number of methoxy groups -OCH3 is 1. The summed E-state index contributed by atoms with van der Waals surface area (Å²) in [6.07, 6.45) is 0. The van der Waals surface area contributed by atoms with E-state index in [0.717, 1.165) is 11.1 Å². The van der Waals surface area contributed by atoms with Crippen molar-refractivity contribution in [3.63, 3.8) is 0 Å². The Bertz CT molecular complexity index is 1080. The van der Waals surface area contributed by atoms with Crippen LogP contribution in [0, 0.1) is 0 Å². The number of hydrogen-bond donors (Lipinski definition) is 0. The van der Waals surface area contributed by atoms with Gasteiger partial charge in [0.1, 0.15) is 18.1 Å². The maximum absolute atomic E-state index is 12.2. The highest BCUT2D eigenvalue weighted by Crippen LogP contribution is 2.25. The van der Waals surface area contributed by atoms with Crippen LogP contribution < -0.4 is 4.74 Å². The van der Waals surface area contributed by atoms with Crippen LogP contribution in [0.5, 0.6) is 5.75 Å². The fourth-order valence-corrected chi connectivity index (χ4v) is 2.62. The van der Waals surface area contributed by atoms with Crippen molar-refractivity contribution >= 4 is 5.97 Å². The van der Waals surface area contributed by atoms with Gasteiger partial charge in [0.2, 0.25) is 0 Å². The number of benzene rings is 2. The van der Waals surface area contributed by atoms with Gasteiger partial charge in [-0.25, -0.2) is 4.79 Å². The summed E-state index contributed by atoms with van der Waals surface area (Å²) in [6, 6.07) is 20.0. The van der Waals surface area contributed by atoms with E-state index in [4.69, 9.17) is 18.5 Å². The van der Waals surface area contributed by atoms with Gasteiger partial charge >= 0.3 is 5.97 Å². The molecule has 0 saturated carbocycles. The summed E-state index contributed by atoms with van der Waals surface area (Å²) >= 11 is 0. The molecule has 0 saturated heterocycles. The molecule has 4 aromatic rings. The lowest BCUT2D eigenvalue weighted by Crippen LogP contribution is -2.05. The highest BCUT2D eigenvalue weighted by atomic mass is 16.5. The number of rotatable bonds is 6. The molecule has 2 aromatic heterocycles. The van der Waals surface area contributed by atoms with Crippen molar-refractivity contribution in [2.24, 2.45) is 0 Å². The van der Waals surface area contributed by atoms with Crippen LogP contribution in [0.2, 0.25) is 0 Å². The Labute approximate surface area is 160 Å². The zero-order valence-corrected chi connectivity index (χ0v) is 15.0. The molecule has 7 nitrogen and oxygen atoms in total. The summed E-state index contributed by atoms with van der Waals surface area (Å²) in [6.45, 7) is -0.0418. The van der Waals surface area contributed by atoms with E-state index in [9.17, 15) is 4.79 Å². The molecule has 0 amide bonds. The van der Waals surface area contributed by atoms with E-state index in [1.165, 1.54) is 0 Å². The van der Waals surface area contributed by atoms with Gasteiger partial charge in [0, 0.05) is 23.3 Å². The zero-order chi connectivity index (χ0) is 19.3. The van der Waals surface area contributed by atoms with Crippen molar-refractivity contribution in [2.75, 3.05) is 7.11 Å². The van der Waals surface area contributed by atoms with Gasteiger partial charge in [0.25, 0.3) is 0 Å². The van der Waals surface area contributed by atoms with Crippen LogP contribution in [0.15, 0.2) is 75.8 Å². The third-order valence-electron chi connectivity index (χ3n) is 4.04. The SMILES string of the molecule is COc1cccc(-c2cc(COC(=O)c3cc(-c4ccccc4)on3)no2)c1. The molecule has 0 spiro atoms. The lowest BCUT2D eigenvalue weighted by atomic mass is 10.1. The summed E-state index contributed by atoms with van der Waals surface area (Å²) in [7, 11) is 1.59. The Hall–Kier alpha value is -3.87. The summed E-state index contributed by atoms with van der Waals surface area (Å²) in [4.78, 5) is 12.2. The minimum absolute atomic E-state index is 0.0418. The molecule has 2 aromatic carbocycles. The van der Waals surface area contributed by atoms with Crippen molar-refractivity contribution in [1.82, 2.24) is 10.3 Å². The second-order valence-electron chi connectivity index (χ2n) is 5.93. The van der Waals surface area contributed by atoms with Crippen LogP contribution in [0.1, 0.15) is 16.2 Å². The highest BCUT2D eigenvalue weighted by Gasteiger charge is 2.16. The van der Waals surface area contributed by atoms with E-state index in [1.807, 2.05) is 54.6 Å². The number of hydrogen-bond acceptors (Lipinski definition) is 7. The standard InChI is InChI=1S/C21H16N2O5/c1-25-17-9-5-8-15(10-17)19-11-16(22-27-19)13-26-21(24)18-12-20(28-23-18)14-6-3-2-4-7-14/h2-12H,13H2,1H3. The molecule has 0 bridgehead atoms. The first-order chi connectivity index (χ1) is 13.7. The van der Waals surface area contributed by atoms with E-state index >= 15 is 0 Å². The summed E-state index contributed by atoms with van der Waals surface area (Å²) in [5.74, 6) is 1.16. The molecule has 0 N–H and O–H groups in total. The summed E-state index contributed by atoms with van der Waals surface area (Å²) < 4.78 is 21.0. The Balaban J connectivity index is 1.40. The van der Waals surface area contributed by atoms with Crippen LogP contribution in [0.3, 0.4) is 0 Å². The second-order valence-corrected chi connectivity index (χ2v) is 5.93. The van der Waals surface area contributed by atoms with E-state index in [0.29, 0.717) is 23.0 Å². The van der Waals surface area contributed by atoms with Crippen molar-refractivity contribution in [3.8, 4) is 28.4 Å². The van der Waals surface area contributed by atoms with Gasteiger partial charge in [-0.2, -0.15) is 0 Å². The predicted octanol–water partition coefficient (Wildman–Crippen LogP) is 4.36. The van der Waals surface area contributed by atoms with E-state index in [2.05, 4.69) is 10.3 Å². The smallest absolute Gasteiger partial charge is 0.360 e. The number of nitrogens with zero attached hydrogens (tertiary/aromatic N) is 2. The van der Waals surface area contributed by atoms with Gasteiger partial charge < -0.3 is 18.5 Å². The number of ether oxygens (including phenoxy) is 2. The molecule has 0 radical (unpaired) electrons. The normalized spacial score (nSPS) is 10.6. The Kier molecular flexibility index (Phi) is 4.88. The molecule has 140 valence electrons. The molecule has 4 rings (SSSR count). The van der Waals surface area contributed by atoms with E-state index in [-0.39, 0.29) is 12.3 Å². The second kappa shape index (κ2) is 7.79. The first kappa shape index (κ1) is 17.5. The fourth-order valence-electron chi connectivity index (χ4n) is 2.62. The van der Waals surface area contributed by atoms with Crippen LogP contribution in [-0.2, 0) is 11.3 Å². The van der Waals surface area contributed by atoms with Gasteiger partial charge in [-0.3, -0.25) is 0 Å². The monoisotopic (exact) mass is 376 g/mol. The summed E-state index contributed by atoms with van der Waals surface area (Å²) in [5.41, 5.74) is 2.22. The van der Waals surface area contributed by atoms with Crippen molar-refractivity contribution < 1.29 is 23.3 Å². The lowest BCUT2D eigenvalue weighted by Gasteiger charge is -2.00. The molecular formula is C21H16N2O5. The summed E-state index contributed by atoms with van der Waals surface area (Å²) in [5, 5.41) is 7.70. The maximum atomic E-state index is 12.2. The van der Waals surface area contributed by atoms with Crippen LogP contribution in [-0.4, -0.2) is 23.4 Å². The van der Waals surface area contributed by atoms with Crippen LogP contribution in [0.25, 0.3) is 22.6 Å².